The molecule has 98 valence electrons. The van der Waals surface area contributed by atoms with Crippen LogP contribution in [0, 0.1) is 0 Å². The van der Waals surface area contributed by atoms with Crippen molar-refractivity contribution in [2.75, 3.05) is 5.32 Å². The molecule has 0 unspecified atom stereocenters. The predicted molar refractivity (Wildman–Crippen MR) is 77.3 cm³/mol. The van der Waals surface area contributed by atoms with Gasteiger partial charge in [-0.05, 0) is 31.5 Å². The monoisotopic (exact) mass is 274 g/mol. The van der Waals surface area contributed by atoms with Crippen molar-refractivity contribution in [1.82, 2.24) is 4.98 Å². The number of aromatic nitrogens is 1. The molecule has 0 atom stereocenters. The predicted octanol–water partition coefficient (Wildman–Crippen LogP) is 3.65. The third-order valence-electron chi connectivity index (χ3n) is 3.07. The number of nitrogens with zero attached hydrogens (tertiary/aromatic N) is 1. The van der Waals surface area contributed by atoms with Crippen LogP contribution in [0.3, 0.4) is 0 Å². The van der Waals surface area contributed by atoms with Gasteiger partial charge in [0, 0.05) is 6.20 Å². The molecule has 1 amide bonds. The SMILES string of the molecule is CC(C)(C(=O)Nc1cccnc1Cl)c1ccccc1. The average Bonchev–Trinajstić information content (AvgIpc) is 2.42. The zero-order valence-electron chi connectivity index (χ0n) is 10.9. The van der Waals surface area contributed by atoms with Gasteiger partial charge in [0.05, 0.1) is 11.1 Å². The number of anilines is 1. The minimum absolute atomic E-state index is 0.117. The van der Waals surface area contributed by atoms with Gasteiger partial charge < -0.3 is 5.32 Å². The molecule has 0 fully saturated rings. The Kier molecular flexibility index (Phi) is 3.86. The van der Waals surface area contributed by atoms with Crippen LogP contribution in [0.5, 0.6) is 0 Å². The summed E-state index contributed by atoms with van der Waals surface area (Å²) in [5, 5.41) is 3.11. The topological polar surface area (TPSA) is 42.0 Å². The summed E-state index contributed by atoms with van der Waals surface area (Å²) in [4.78, 5) is 16.3. The largest absolute Gasteiger partial charge is 0.323 e. The zero-order chi connectivity index (χ0) is 13.9. The molecule has 4 heteroatoms. The Morgan fingerprint density at radius 1 is 1.16 bits per heavy atom. The Morgan fingerprint density at radius 3 is 2.47 bits per heavy atom. The molecule has 19 heavy (non-hydrogen) atoms. The van der Waals surface area contributed by atoms with Gasteiger partial charge in [-0.3, -0.25) is 4.79 Å². The van der Waals surface area contributed by atoms with E-state index in [1.54, 1.807) is 18.3 Å². The summed E-state index contributed by atoms with van der Waals surface area (Å²) in [6.07, 6.45) is 1.58. The van der Waals surface area contributed by atoms with Crippen LogP contribution < -0.4 is 5.32 Å². The van der Waals surface area contributed by atoms with Crippen LogP contribution >= 0.6 is 11.6 Å². The molecular weight excluding hydrogens is 260 g/mol. The quantitative estimate of drug-likeness (QED) is 0.868. The molecule has 1 heterocycles. The second-order valence-corrected chi connectivity index (χ2v) is 5.14. The summed E-state index contributed by atoms with van der Waals surface area (Å²) in [6.45, 7) is 3.75. The smallest absolute Gasteiger partial charge is 0.234 e. The van der Waals surface area contributed by atoms with Crippen molar-refractivity contribution in [3.63, 3.8) is 0 Å². The summed E-state index contributed by atoms with van der Waals surface area (Å²) in [5.74, 6) is -0.117. The molecule has 3 nitrogen and oxygen atoms in total. The highest BCUT2D eigenvalue weighted by Crippen LogP contribution is 2.26. The van der Waals surface area contributed by atoms with Crippen molar-refractivity contribution in [3.05, 3.63) is 59.4 Å². The Morgan fingerprint density at radius 2 is 1.84 bits per heavy atom. The van der Waals surface area contributed by atoms with Crippen LogP contribution in [-0.4, -0.2) is 10.9 Å². The Bertz CT molecular complexity index is 582. The van der Waals surface area contributed by atoms with Crippen molar-refractivity contribution in [2.45, 2.75) is 19.3 Å². The molecule has 0 bridgehead atoms. The highest BCUT2D eigenvalue weighted by atomic mass is 35.5. The molecule has 2 rings (SSSR count). The fourth-order valence-corrected chi connectivity index (χ4v) is 1.91. The van der Waals surface area contributed by atoms with Crippen LogP contribution in [0.15, 0.2) is 48.7 Å². The third-order valence-corrected chi connectivity index (χ3v) is 3.37. The molecule has 0 aliphatic rings. The second-order valence-electron chi connectivity index (χ2n) is 4.79. The first-order chi connectivity index (χ1) is 9.01. The number of rotatable bonds is 3. The Labute approximate surface area is 117 Å². The molecular formula is C15H15ClN2O. The van der Waals surface area contributed by atoms with Crippen molar-refractivity contribution in [1.29, 1.82) is 0 Å². The van der Waals surface area contributed by atoms with E-state index < -0.39 is 5.41 Å². The maximum Gasteiger partial charge on any atom is 0.234 e. The van der Waals surface area contributed by atoms with E-state index in [-0.39, 0.29) is 5.91 Å². The standard InChI is InChI=1S/C15H15ClN2O/c1-15(2,11-7-4-3-5-8-11)14(19)18-12-9-6-10-17-13(12)16/h3-10H,1-2H3,(H,18,19). The summed E-state index contributed by atoms with van der Waals surface area (Å²) in [5.41, 5.74) is 0.839. The fraction of sp³-hybridized carbons (Fsp3) is 0.200. The minimum Gasteiger partial charge on any atom is -0.323 e. The van der Waals surface area contributed by atoms with E-state index in [4.69, 9.17) is 11.6 Å². The normalized spacial score (nSPS) is 11.1. The van der Waals surface area contributed by atoms with Crippen molar-refractivity contribution >= 4 is 23.2 Å². The van der Waals surface area contributed by atoms with Crippen LogP contribution in [0.4, 0.5) is 5.69 Å². The van der Waals surface area contributed by atoms with E-state index in [1.165, 1.54) is 0 Å². The van der Waals surface area contributed by atoms with Gasteiger partial charge in [0.1, 0.15) is 0 Å². The van der Waals surface area contributed by atoms with E-state index >= 15 is 0 Å². The van der Waals surface area contributed by atoms with Crippen molar-refractivity contribution < 1.29 is 4.79 Å². The van der Waals surface area contributed by atoms with E-state index in [2.05, 4.69) is 10.3 Å². The highest BCUT2D eigenvalue weighted by Gasteiger charge is 2.29. The number of hydrogen-bond acceptors (Lipinski definition) is 2. The van der Waals surface area contributed by atoms with E-state index in [0.29, 0.717) is 10.8 Å². The van der Waals surface area contributed by atoms with Gasteiger partial charge in [0.25, 0.3) is 0 Å². The lowest BCUT2D eigenvalue weighted by molar-refractivity contribution is -0.120. The molecule has 1 aromatic heterocycles. The van der Waals surface area contributed by atoms with Gasteiger partial charge in [-0.2, -0.15) is 0 Å². The number of carbonyl (C=O) groups is 1. The lowest BCUT2D eigenvalue weighted by Gasteiger charge is -2.24. The summed E-state index contributed by atoms with van der Waals surface area (Å²) < 4.78 is 0. The van der Waals surface area contributed by atoms with Crippen LogP contribution in [-0.2, 0) is 10.2 Å². The van der Waals surface area contributed by atoms with Gasteiger partial charge in [-0.1, -0.05) is 41.9 Å². The molecule has 2 aromatic rings. The highest BCUT2D eigenvalue weighted by molar-refractivity contribution is 6.32. The van der Waals surface area contributed by atoms with E-state index in [0.717, 1.165) is 5.56 Å². The van der Waals surface area contributed by atoms with Gasteiger partial charge >= 0.3 is 0 Å². The second kappa shape index (κ2) is 5.41. The number of pyridine rings is 1. The molecule has 1 aromatic carbocycles. The molecule has 0 aliphatic carbocycles. The van der Waals surface area contributed by atoms with Gasteiger partial charge in [0.2, 0.25) is 5.91 Å². The lowest BCUT2D eigenvalue weighted by Crippen LogP contribution is -2.34. The van der Waals surface area contributed by atoms with E-state index in [1.807, 2.05) is 44.2 Å². The summed E-state index contributed by atoms with van der Waals surface area (Å²) in [6, 6.07) is 13.1. The van der Waals surface area contributed by atoms with E-state index in [9.17, 15) is 4.79 Å². The van der Waals surface area contributed by atoms with Crippen LogP contribution in [0.2, 0.25) is 5.15 Å². The lowest BCUT2D eigenvalue weighted by atomic mass is 9.84. The maximum atomic E-state index is 12.4. The third kappa shape index (κ3) is 2.93. The number of nitrogens with one attached hydrogen (secondary N) is 1. The molecule has 1 N–H and O–H groups in total. The zero-order valence-corrected chi connectivity index (χ0v) is 11.6. The molecule has 0 saturated heterocycles. The Hall–Kier alpha value is -1.87. The van der Waals surface area contributed by atoms with Crippen LogP contribution in [0.25, 0.3) is 0 Å². The maximum absolute atomic E-state index is 12.4. The van der Waals surface area contributed by atoms with Gasteiger partial charge in [0.15, 0.2) is 5.15 Å². The summed E-state index contributed by atoms with van der Waals surface area (Å²) >= 11 is 5.94. The molecule has 0 aliphatic heterocycles. The molecule has 0 saturated carbocycles. The first-order valence-corrected chi connectivity index (χ1v) is 6.37. The van der Waals surface area contributed by atoms with Crippen molar-refractivity contribution in [2.24, 2.45) is 0 Å². The summed E-state index contributed by atoms with van der Waals surface area (Å²) in [7, 11) is 0. The number of amides is 1. The minimum atomic E-state index is -0.638. The van der Waals surface area contributed by atoms with Gasteiger partial charge in [-0.15, -0.1) is 0 Å². The molecule has 0 spiro atoms. The number of halogens is 1. The average molecular weight is 275 g/mol. The fourth-order valence-electron chi connectivity index (χ4n) is 1.74. The number of benzene rings is 1. The molecule has 0 radical (unpaired) electrons. The van der Waals surface area contributed by atoms with Crippen molar-refractivity contribution in [3.8, 4) is 0 Å². The first-order valence-electron chi connectivity index (χ1n) is 5.99. The first kappa shape index (κ1) is 13.6. The number of hydrogen-bond donors (Lipinski definition) is 1. The van der Waals surface area contributed by atoms with Crippen LogP contribution in [0.1, 0.15) is 19.4 Å². The number of carbonyl (C=O) groups excluding carboxylic acids is 1. The Balaban J connectivity index is 2.23. The van der Waals surface area contributed by atoms with Gasteiger partial charge in [-0.25, -0.2) is 4.98 Å².